The van der Waals surface area contributed by atoms with Crippen LogP contribution in [0.25, 0.3) is 16.7 Å². The molecule has 43 heavy (non-hydrogen) atoms. The largest absolute Gasteiger partial charge is 0.453 e. The molecule has 0 amide bonds. The molecule has 0 aliphatic heterocycles. The first-order valence-corrected chi connectivity index (χ1v) is 13.4. The van der Waals surface area contributed by atoms with Crippen molar-refractivity contribution in [2.24, 2.45) is 0 Å². The molecule has 1 atom stereocenters. The monoisotopic (exact) mass is 590 g/mol. The Labute approximate surface area is 243 Å². The summed E-state index contributed by atoms with van der Waals surface area (Å²) in [6.45, 7) is 5.27. The van der Waals surface area contributed by atoms with E-state index in [-0.39, 0.29) is 41.3 Å². The van der Waals surface area contributed by atoms with Gasteiger partial charge in [0.1, 0.15) is 22.5 Å². The number of aromatic nitrogens is 5. The molecule has 0 saturated carbocycles. The average molecular weight is 591 g/mol. The number of ketones is 1. The smallest absolute Gasteiger partial charge is 0.335 e. The first-order chi connectivity index (χ1) is 20.5. The van der Waals surface area contributed by atoms with Crippen LogP contribution in [0, 0.1) is 11.6 Å². The summed E-state index contributed by atoms with van der Waals surface area (Å²) in [5, 5.41) is 19.9. The number of nitrogens with one attached hydrogen (secondary N) is 2. The van der Waals surface area contributed by atoms with Crippen molar-refractivity contribution in [3.63, 3.8) is 0 Å². The zero-order chi connectivity index (χ0) is 30.8. The van der Waals surface area contributed by atoms with Crippen LogP contribution < -0.4 is 21.3 Å². The highest BCUT2D eigenvalue weighted by Gasteiger charge is 2.21. The number of hydrogen-bond donors (Lipinski definition) is 3. The normalized spacial score (nSPS) is 12.1. The first kappa shape index (κ1) is 29.3. The van der Waals surface area contributed by atoms with Gasteiger partial charge in [0.15, 0.2) is 28.8 Å². The fraction of sp³-hybridized carbons (Fsp3) is 0.233. The Morgan fingerprint density at radius 1 is 1.07 bits per heavy atom. The van der Waals surface area contributed by atoms with Crippen LogP contribution in [0.15, 0.2) is 70.5 Å². The highest BCUT2D eigenvalue weighted by atomic mass is 19.1. The van der Waals surface area contributed by atoms with Crippen molar-refractivity contribution >= 4 is 22.6 Å². The van der Waals surface area contributed by atoms with Crippen LogP contribution in [0.5, 0.6) is 11.5 Å². The summed E-state index contributed by atoms with van der Waals surface area (Å²) in [4.78, 5) is 43.9. The zero-order valence-corrected chi connectivity index (χ0v) is 23.5. The van der Waals surface area contributed by atoms with Gasteiger partial charge in [-0.3, -0.25) is 19.3 Å². The number of rotatable bonds is 10. The number of ether oxygens (including phenoxy) is 1. The number of hydrogen-bond acceptors (Lipinski definition) is 8. The number of anilines is 1. The maximum Gasteiger partial charge on any atom is 0.335 e. The molecule has 0 fully saturated rings. The van der Waals surface area contributed by atoms with E-state index in [1.54, 1.807) is 20.8 Å². The number of halogens is 2. The van der Waals surface area contributed by atoms with Gasteiger partial charge in [-0.25, -0.2) is 23.1 Å². The van der Waals surface area contributed by atoms with Gasteiger partial charge < -0.3 is 15.2 Å². The summed E-state index contributed by atoms with van der Waals surface area (Å²) in [5.41, 5.74) is -1.03. The minimum atomic E-state index is -0.860. The van der Waals surface area contributed by atoms with Crippen molar-refractivity contribution in [3.05, 3.63) is 105 Å². The van der Waals surface area contributed by atoms with Crippen LogP contribution in [0.3, 0.4) is 0 Å². The molecule has 0 unspecified atom stereocenters. The Bertz CT molecular complexity index is 1930. The third-order valence-electron chi connectivity index (χ3n) is 6.62. The van der Waals surface area contributed by atoms with E-state index in [1.807, 2.05) is 0 Å². The molecule has 0 aliphatic rings. The summed E-state index contributed by atoms with van der Waals surface area (Å²) in [6.07, 6.45) is 1.70. The van der Waals surface area contributed by atoms with Crippen molar-refractivity contribution in [1.82, 2.24) is 24.3 Å². The van der Waals surface area contributed by atoms with Gasteiger partial charge in [-0.05, 0) is 62.7 Å². The Kier molecular flexibility index (Phi) is 8.17. The summed E-state index contributed by atoms with van der Waals surface area (Å²) in [5.74, 6) is -1.44. The van der Waals surface area contributed by atoms with E-state index in [4.69, 9.17) is 4.74 Å². The lowest BCUT2D eigenvalue weighted by Gasteiger charge is -2.15. The van der Waals surface area contributed by atoms with Crippen molar-refractivity contribution in [2.45, 2.75) is 39.3 Å². The fourth-order valence-corrected chi connectivity index (χ4v) is 4.47. The van der Waals surface area contributed by atoms with Crippen LogP contribution in [0.2, 0.25) is 0 Å². The van der Waals surface area contributed by atoms with E-state index < -0.39 is 40.8 Å². The van der Waals surface area contributed by atoms with Gasteiger partial charge in [-0.2, -0.15) is 5.10 Å². The van der Waals surface area contributed by atoms with E-state index in [0.29, 0.717) is 16.9 Å². The molecule has 13 heteroatoms. The molecule has 3 aromatic heterocycles. The number of H-pyrrole nitrogens is 1. The third-order valence-corrected chi connectivity index (χ3v) is 6.62. The molecule has 0 saturated heterocycles. The zero-order valence-electron chi connectivity index (χ0n) is 23.5. The standard InChI is InChI=1S/C30H28F2N6O5/c1-16(2)37-15-21(29(41)38(30(37)42)20-7-5-19(31)6-8-20)23(40)13-18-4-9-24(22(32)12-18)43-25-10-11-33-27-26(25)28(36-35-27)34-14-17(3)39/h4-12,15-17,39H,13-14H2,1-3H3,(H2,33,34,35,36)/t17-/m0/s1. The summed E-state index contributed by atoms with van der Waals surface area (Å²) in [7, 11) is 0. The minimum Gasteiger partial charge on any atom is -0.453 e. The first-order valence-electron chi connectivity index (χ1n) is 13.4. The summed E-state index contributed by atoms with van der Waals surface area (Å²) >= 11 is 0. The molecule has 2 aromatic carbocycles. The predicted molar refractivity (Wildman–Crippen MR) is 155 cm³/mol. The molecule has 11 nitrogen and oxygen atoms in total. The second kappa shape index (κ2) is 12.0. The number of nitrogens with zero attached hydrogens (tertiary/aromatic N) is 4. The lowest BCUT2D eigenvalue weighted by atomic mass is 10.0. The Hall–Kier alpha value is -5.17. The molecule has 5 rings (SSSR count). The Morgan fingerprint density at radius 3 is 2.49 bits per heavy atom. The quantitative estimate of drug-likeness (QED) is 0.206. The number of aliphatic hydroxyl groups excluding tert-OH is 1. The van der Waals surface area contributed by atoms with Crippen LogP contribution in [-0.2, 0) is 6.42 Å². The van der Waals surface area contributed by atoms with Gasteiger partial charge >= 0.3 is 5.69 Å². The molecule has 0 spiro atoms. The molecular weight excluding hydrogens is 562 g/mol. The molecule has 5 aromatic rings. The van der Waals surface area contributed by atoms with E-state index >= 15 is 4.39 Å². The van der Waals surface area contributed by atoms with E-state index in [9.17, 15) is 23.9 Å². The number of benzene rings is 2. The van der Waals surface area contributed by atoms with E-state index in [1.165, 1.54) is 47.3 Å². The number of aliphatic hydroxyl groups is 1. The van der Waals surface area contributed by atoms with E-state index in [2.05, 4.69) is 20.5 Å². The Morgan fingerprint density at radius 2 is 1.81 bits per heavy atom. The SMILES string of the molecule is CC(C)n1cc(C(=O)Cc2ccc(Oc3ccnc4[nH]nc(NC[C@H](C)O)c34)c(F)c2)c(=O)n(-c2ccc(F)cc2)c1=O. The molecule has 3 N–H and O–H groups in total. The maximum atomic E-state index is 15.2. The summed E-state index contributed by atoms with van der Waals surface area (Å²) in [6, 6.07) is 9.90. The van der Waals surface area contributed by atoms with Crippen molar-refractivity contribution in [2.75, 3.05) is 11.9 Å². The van der Waals surface area contributed by atoms with Gasteiger partial charge in [-0.1, -0.05) is 6.07 Å². The molecule has 0 aliphatic carbocycles. The molecule has 0 bridgehead atoms. The molecule has 222 valence electrons. The number of aromatic amines is 1. The molecule has 0 radical (unpaired) electrons. The number of carbonyl (C=O) groups is 1. The molecular formula is C30H28F2N6O5. The third kappa shape index (κ3) is 6.06. The average Bonchev–Trinajstić information content (AvgIpc) is 3.38. The van der Waals surface area contributed by atoms with Gasteiger partial charge in [0, 0.05) is 37.5 Å². The number of Topliss-reactive ketones (excluding diaryl/α,β-unsaturated/α-hetero) is 1. The van der Waals surface area contributed by atoms with Crippen molar-refractivity contribution in [3.8, 4) is 17.2 Å². The highest BCUT2D eigenvalue weighted by Crippen LogP contribution is 2.34. The highest BCUT2D eigenvalue weighted by molar-refractivity contribution is 5.97. The van der Waals surface area contributed by atoms with Crippen LogP contribution in [0.4, 0.5) is 14.6 Å². The van der Waals surface area contributed by atoms with Gasteiger partial charge in [0.2, 0.25) is 0 Å². The second-order valence-electron chi connectivity index (χ2n) is 10.2. The van der Waals surface area contributed by atoms with Gasteiger partial charge in [0.25, 0.3) is 5.56 Å². The minimum absolute atomic E-state index is 0.111. The van der Waals surface area contributed by atoms with Crippen molar-refractivity contribution in [1.29, 1.82) is 0 Å². The summed E-state index contributed by atoms with van der Waals surface area (Å²) < 4.78 is 36.6. The lowest BCUT2D eigenvalue weighted by molar-refractivity contribution is 0.0990. The maximum absolute atomic E-state index is 15.2. The topological polar surface area (TPSA) is 144 Å². The van der Waals surface area contributed by atoms with Crippen LogP contribution in [-0.4, -0.2) is 47.9 Å². The Balaban J connectivity index is 1.43. The van der Waals surface area contributed by atoms with Gasteiger partial charge in [-0.15, -0.1) is 0 Å². The van der Waals surface area contributed by atoms with Crippen LogP contribution in [0.1, 0.15) is 42.7 Å². The lowest BCUT2D eigenvalue weighted by Crippen LogP contribution is -2.42. The fourth-order valence-electron chi connectivity index (χ4n) is 4.47. The number of pyridine rings is 1. The van der Waals surface area contributed by atoms with Crippen LogP contribution >= 0.6 is 0 Å². The van der Waals surface area contributed by atoms with Crippen molar-refractivity contribution < 1.29 is 23.4 Å². The number of carbonyl (C=O) groups excluding carboxylic acids is 1. The van der Waals surface area contributed by atoms with E-state index in [0.717, 1.165) is 22.8 Å². The van der Waals surface area contributed by atoms with Gasteiger partial charge in [0.05, 0.1) is 11.8 Å². The molecule has 3 heterocycles. The second-order valence-corrected chi connectivity index (χ2v) is 10.2. The predicted octanol–water partition coefficient (Wildman–Crippen LogP) is 4.14. The number of fused-ring (bicyclic) bond motifs is 1.